The predicted molar refractivity (Wildman–Crippen MR) is 59.8 cm³/mol. The van der Waals surface area contributed by atoms with E-state index in [2.05, 4.69) is 4.98 Å². The Bertz CT molecular complexity index is 395. The smallest absolute Gasteiger partial charge is 0.272 e. The Morgan fingerprint density at radius 2 is 2.44 bits per heavy atom. The second-order valence-corrected chi connectivity index (χ2v) is 3.92. The molecule has 0 bridgehead atoms. The molecule has 0 aromatic carbocycles. The number of hydrogen-bond acceptors (Lipinski definition) is 4. The fourth-order valence-corrected chi connectivity index (χ4v) is 2.01. The molecule has 3 N–H and O–H groups in total. The Morgan fingerprint density at radius 3 is 3.12 bits per heavy atom. The minimum atomic E-state index is -0.149. The topological polar surface area (TPSA) is 79.5 Å². The number of carbonyl (C=O) groups is 1. The fourth-order valence-electron chi connectivity index (χ4n) is 2.01. The van der Waals surface area contributed by atoms with Crippen molar-refractivity contribution in [2.45, 2.75) is 18.9 Å². The third kappa shape index (κ3) is 1.99. The molecule has 16 heavy (non-hydrogen) atoms. The molecule has 0 radical (unpaired) electrons. The van der Waals surface area contributed by atoms with Gasteiger partial charge in [0.2, 0.25) is 0 Å². The molecule has 5 nitrogen and oxygen atoms in total. The first-order valence-electron chi connectivity index (χ1n) is 5.36. The standard InChI is InChI=1S/C11H15N3O2/c12-10-5-1-4-9(13-10)11(16)14-6-2-3-8(14)7-15/h1,4-5,8,15H,2-3,6-7H2,(H2,12,13)/t8-/m0/s1. The van der Waals surface area contributed by atoms with E-state index in [-0.39, 0.29) is 18.6 Å². The highest BCUT2D eigenvalue weighted by Crippen LogP contribution is 2.19. The maximum atomic E-state index is 12.1. The summed E-state index contributed by atoms with van der Waals surface area (Å²) in [7, 11) is 0. The summed E-state index contributed by atoms with van der Waals surface area (Å²) in [6.07, 6.45) is 1.78. The van der Waals surface area contributed by atoms with Crippen molar-refractivity contribution in [2.24, 2.45) is 0 Å². The maximum Gasteiger partial charge on any atom is 0.272 e. The first kappa shape index (κ1) is 10.9. The molecule has 1 atom stereocenters. The number of anilines is 1. The highest BCUT2D eigenvalue weighted by Gasteiger charge is 2.29. The van der Waals surface area contributed by atoms with Gasteiger partial charge in [0.15, 0.2) is 0 Å². The van der Waals surface area contributed by atoms with Crippen LogP contribution in [-0.2, 0) is 0 Å². The first-order chi connectivity index (χ1) is 7.72. The third-order valence-corrected chi connectivity index (χ3v) is 2.84. The van der Waals surface area contributed by atoms with Crippen molar-refractivity contribution in [3.8, 4) is 0 Å². The molecule has 0 spiro atoms. The van der Waals surface area contributed by atoms with Crippen LogP contribution in [0.5, 0.6) is 0 Å². The summed E-state index contributed by atoms with van der Waals surface area (Å²) in [6, 6.07) is 4.92. The zero-order valence-electron chi connectivity index (χ0n) is 8.97. The largest absolute Gasteiger partial charge is 0.394 e. The molecule has 1 aromatic rings. The number of nitrogens with two attached hydrogens (primary N) is 1. The number of aliphatic hydroxyl groups is 1. The molecule has 1 aliphatic heterocycles. The van der Waals surface area contributed by atoms with Crippen LogP contribution < -0.4 is 5.73 Å². The van der Waals surface area contributed by atoms with Gasteiger partial charge in [0, 0.05) is 6.54 Å². The molecule has 5 heteroatoms. The summed E-state index contributed by atoms with van der Waals surface area (Å²) in [5, 5.41) is 9.15. The van der Waals surface area contributed by atoms with Crippen molar-refractivity contribution in [2.75, 3.05) is 18.9 Å². The van der Waals surface area contributed by atoms with Crippen molar-refractivity contribution in [1.29, 1.82) is 0 Å². The second-order valence-electron chi connectivity index (χ2n) is 3.92. The maximum absolute atomic E-state index is 12.1. The van der Waals surface area contributed by atoms with Crippen LogP contribution in [0.4, 0.5) is 5.82 Å². The first-order valence-corrected chi connectivity index (χ1v) is 5.36. The Morgan fingerprint density at radius 1 is 1.62 bits per heavy atom. The van der Waals surface area contributed by atoms with Crippen molar-refractivity contribution < 1.29 is 9.90 Å². The van der Waals surface area contributed by atoms with Gasteiger partial charge in [-0.1, -0.05) is 6.07 Å². The molecule has 1 fully saturated rings. The van der Waals surface area contributed by atoms with Crippen molar-refractivity contribution in [1.82, 2.24) is 9.88 Å². The average molecular weight is 221 g/mol. The molecule has 1 aliphatic rings. The van der Waals surface area contributed by atoms with Crippen LogP contribution in [0.2, 0.25) is 0 Å². The lowest BCUT2D eigenvalue weighted by molar-refractivity contribution is 0.0672. The quantitative estimate of drug-likeness (QED) is 0.750. The molecular weight excluding hydrogens is 206 g/mol. The molecule has 2 rings (SSSR count). The van der Waals surface area contributed by atoms with E-state index in [0.717, 1.165) is 12.8 Å². The van der Waals surface area contributed by atoms with E-state index >= 15 is 0 Å². The van der Waals surface area contributed by atoms with Crippen LogP contribution in [0.1, 0.15) is 23.3 Å². The highest BCUT2D eigenvalue weighted by atomic mass is 16.3. The number of nitrogens with zero attached hydrogens (tertiary/aromatic N) is 2. The van der Waals surface area contributed by atoms with E-state index in [1.165, 1.54) is 0 Å². The third-order valence-electron chi connectivity index (χ3n) is 2.84. The van der Waals surface area contributed by atoms with E-state index < -0.39 is 0 Å². The van der Waals surface area contributed by atoms with Gasteiger partial charge in [-0.25, -0.2) is 4.98 Å². The number of aromatic nitrogens is 1. The highest BCUT2D eigenvalue weighted by molar-refractivity contribution is 5.93. The number of amides is 1. The Kier molecular flexibility index (Phi) is 3.05. The van der Waals surface area contributed by atoms with Gasteiger partial charge in [0.1, 0.15) is 11.5 Å². The van der Waals surface area contributed by atoms with Gasteiger partial charge in [0.05, 0.1) is 12.6 Å². The minimum absolute atomic E-state index is 0.00799. The molecule has 1 saturated heterocycles. The van der Waals surface area contributed by atoms with Gasteiger partial charge in [0.25, 0.3) is 5.91 Å². The van der Waals surface area contributed by atoms with Crippen molar-refractivity contribution >= 4 is 11.7 Å². The van der Waals surface area contributed by atoms with Gasteiger partial charge < -0.3 is 15.7 Å². The number of aliphatic hydroxyl groups excluding tert-OH is 1. The number of nitrogen functional groups attached to an aromatic ring is 1. The molecular formula is C11H15N3O2. The summed E-state index contributed by atoms with van der Waals surface area (Å²) in [4.78, 5) is 17.7. The summed E-state index contributed by atoms with van der Waals surface area (Å²) >= 11 is 0. The van der Waals surface area contributed by atoms with Crippen LogP contribution in [0, 0.1) is 0 Å². The van der Waals surface area contributed by atoms with E-state index in [0.29, 0.717) is 18.1 Å². The summed E-state index contributed by atoms with van der Waals surface area (Å²) in [5.41, 5.74) is 5.88. The number of pyridine rings is 1. The molecule has 2 heterocycles. The van der Waals surface area contributed by atoms with E-state index in [4.69, 9.17) is 10.8 Å². The van der Waals surface area contributed by atoms with Gasteiger partial charge in [-0.2, -0.15) is 0 Å². The lowest BCUT2D eigenvalue weighted by atomic mass is 10.2. The Balaban J connectivity index is 2.18. The molecule has 86 valence electrons. The molecule has 0 saturated carbocycles. The average Bonchev–Trinajstić information content (AvgIpc) is 2.76. The molecule has 0 aliphatic carbocycles. The number of rotatable bonds is 2. The predicted octanol–water partition coefficient (Wildman–Crippen LogP) is 0.261. The lowest BCUT2D eigenvalue weighted by Gasteiger charge is -2.22. The normalized spacial score (nSPS) is 20.1. The summed E-state index contributed by atoms with van der Waals surface area (Å²) in [6.45, 7) is 0.689. The van der Waals surface area contributed by atoms with Crippen LogP contribution >= 0.6 is 0 Å². The van der Waals surface area contributed by atoms with Crippen molar-refractivity contribution in [3.63, 3.8) is 0 Å². The van der Waals surface area contributed by atoms with Gasteiger partial charge in [-0.3, -0.25) is 4.79 Å². The molecule has 0 unspecified atom stereocenters. The summed E-state index contributed by atoms with van der Waals surface area (Å²) in [5.74, 6) is 0.189. The zero-order valence-corrected chi connectivity index (χ0v) is 8.97. The summed E-state index contributed by atoms with van der Waals surface area (Å²) < 4.78 is 0. The van der Waals surface area contributed by atoms with Crippen LogP contribution in [0.3, 0.4) is 0 Å². The van der Waals surface area contributed by atoms with Gasteiger partial charge in [-0.05, 0) is 25.0 Å². The second kappa shape index (κ2) is 4.49. The molecule has 1 aromatic heterocycles. The number of carbonyl (C=O) groups excluding carboxylic acids is 1. The molecule has 1 amide bonds. The van der Waals surface area contributed by atoms with Crippen LogP contribution in [0.25, 0.3) is 0 Å². The number of likely N-dealkylation sites (tertiary alicyclic amines) is 1. The van der Waals surface area contributed by atoms with E-state index in [9.17, 15) is 4.79 Å². The Labute approximate surface area is 93.9 Å². The zero-order chi connectivity index (χ0) is 11.5. The monoisotopic (exact) mass is 221 g/mol. The fraction of sp³-hybridized carbons (Fsp3) is 0.455. The van der Waals surface area contributed by atoms with Crippen LogP contribution in [-0.4, -0.2) is 40.1 Å². The van der Waals surface area contributed by atoms with Gasteiger partial charge >= 0.3 is 0 Å². The van der Waals surface area contributed by atoms with Crippen LogP contribution in [0.15, 0.2) is 18.2 Å². The van der Waals surface area contributed by atoms with Gasteiger partial charge in [-0.15, -0.1) is 0 Å². The SMILES string of the molecule is Nc1cccc(C(=O)N2CCC[C@H]2CO)n1. The minimum Gasteiger partial charge on any atom is -0.394 e. The number of hydrogen-bond donors (Lipinski definition) is 2. The lowest BCUT2D eigenvalue weighted by Crippen LogP contribution is -2.38. The van der Waals surface area contributed by atoms with E-state index in [1.807, 2.05) is 0 Å². The Hall–Kier alpha value is -1.62. The van der Waals surface area contributed by atoms with Crippen molar-refractivity contribution in [3.05, 3.63) is 23.9 Å². The van der Waals surface area contributed by atoms with E-state index in [1.54, 1.807) is 23.1 Å².